The SMILES string of the molecule is CCN(CCO)c1ncc(CNC2CC2)cc1C. The van der Waals surface area contributed by atoms with Crippen molar-refractivity contribution in [3.63, 3.8) is 0 Å². The molecule has 0 saturated heterocycles. The Bertz CT molecular complexity index is 391. The van der Waals surface area contributed by atoms with E-state index in [0.29, 0.717) is 6.54 Å². The predicted molar refractivity (Wildman–Crippen MR) is 73.8 cm³/mol. The summed E-state index contributed by atoms with van der Waals surface area (Å²) in [6.07, 6.45) is 4.56. The van der Waals surface area contributed by atoms with Crippen molar-refractivity contribution in [2.45, 2.75) is 39.3 Å². The number of hydrogen-bond acceptors (Lipinski definition) is 4. The molecule has 0 unspecified atom stereocenters. The van der Waals surface area contributed by atoms with E-state index in [1.165, 1.54) is 24.0 Å². The van der Waals surface area contributed by atoms with Gasteiger partial charge in [-0.15, -0.1) is 0 Å². The summed E-state index contributed by atoms with van der Waals surface area (Å²) >= 11 is 0. The predicted octanol–water partition coefficient (Wildman–Crippen LogP) is 1.46. The summed E-state index contributed by atoms with van der Waals surface area (Å²) < 4.78 is 0. The first kappa shape index (κ1) is 13.3. The first-order valence-electron chi connectivity index (χ1n) is 6.79. The Hall–Kier alpha value is -1.13. The lowest BCUT2D eigenvalue weighted by molar-refractivity contribution is 0.302. The minimum atomic E-state index is 0.167. The Balaban J connectivity index is 2.02. The van der Waals surface area contributed by atoms with Crippen molar-refractivity contribution in [2.75, 3.05) is 24.6 Å². The Kier molecular flexibility index (Phi) is 4.55. The molecule has 1 saturated carbocycles. The maximum atomic E-state index is 9.05. The Morgan fingerprint density at radius 2 is 2.28 bits per heavy atom. The molecule has 1 aromatic heterocycles. The van der Waals surface area contributed by atoms with Crippen LogP contribution in [0.5, 0.6) is 0 Å². The second kappa shape index (κ2) is 6.16. The Morgan fingerprint density at radius 3 is 2.83 bits per heavy atom. The van der Waals surface area contributed by atoms with Gasteiger partial charge in [0, 0.05) is 31.9 Å². The zero-order valence-corrected chi connectivity index (χ0v) is 11.3. The highest BCUT2D eigenvalue weighted by Crippen LogP contribution is 2.21. The summed E-state index contributed by atoms with van der Waals surface area (Å²) in [7, 11) is 0. The van der Waals surface area contributed by atoms with Gasteiger partial charge in [-0.2, -0.15) is 0 Å². The van der Waals surface area contributed by atoms with Crippen molar-refractivity contribution >= 4 is 5.82 Å². The highest BCUT2D eigenvalue weighted by atomic mass is 16.3. The van der Waals surface area contributed by atoms with Crippen LogP contribution in [0.25, 0.3) is 0 Å². The van der Waals surface area contributed by atoms with Gasteiger partial charge in [0.2, 0.25) is 0 Å². The summed E-state index contributed by atoms with van der Waals surface area (Å²) in [5.41, 5.74) is 2.42. The number of pyridine rings is 1. The molecule has 1 heterocycles. The van der Waals surface area contributed by atoms with Gasteiger partial charge in [0.25, 0.3) is 0 Å². The number of aliphatic hydroxyl groups excluding tert-OH is 1. The maximum Gasteiger partial charge on any atom is 0.131 e. The fraction of sp³-hybridized carbons (Fsp3) is 0.643. The molecule has 4 nitrogen and oxygen atoms in total. The van der Waals surface area contributed by atoms with E-state index in [1.54, 1.807) is 0 Å². The van der Waals surface area contributed by atoms with Gasteiger partial charge in [-0.25, -0.2) is 4.98 Å². The zero-order valence-electron chi connectivity index (χ0n) is 11.3. The third kappa shape index (κ3) is 3.43. The standard InChI is InChI=1S/C14H23N3O/c1-3-17(6-7-18)14-11(2)8-12(10-16-14)9-15-13-4-5-13/h8,10,13,15,18H,3-7,9H2,1-2H3. The molecule has 2 N–H and O–H groups in total. The quantitative estimate of drug-likeness (QED) is 0.768. The second-order valence-corrected chi connectivity index (χ2v) is 4.94. The smallest absolute Gasteiger partial charge is 0.131 e. The molecule has 0 bridgehead atoms. The number of nitrogens with one attached hydrogen (secondary N) is 1. The Labute approximate surface area is 109 Å². The normalized spacial score (nSPS) is 14.8. The van der Waals surface area contributed by atoms with Crippen molar-refractivity contribution in [3.05, 3.63) is 23.4 Å². The van der Waals surface area contributed by atoms with E-state index in [2.05, 4.69) is 35.1 Å². The molecule has 0 aromatic carbocycles. The summed E-state index contributed by atoms with van der Waals surface area (Å²) in [6.45, 7) is 6.76. The summed E-state index contributed by atoms with van der Waals surface area (Å²) in [4.78, 5) is 6.65. The van der Waals surface area contributed by atoms with Gasteiger partial charge in [-0.1, -0.05) is 0 Å². The molecule has 1 aromatic rings. The van der Waals surface area contributed by atoms with E-state index in [4.69, 9.17) is 5.11 Å². The first-order valence-corrected chi connectivity index (χ1v) is 6.79. The van der Waals surface area contributed by atoms with E-state index in [-0.39, 0.29) is 6.61 Å². The van der Waals surface area contributed by atoms with Crippen LogP contribution < -0.4 is 10.2 Å². The van der Waals surface area contributed by atoms with Crippen LogP contribution in [0.2, 0.25) is 0 Å². The molecule has 4 heteroatoms. The molecule has 2 rings (SSSR count). The van der Waals surface area contributed by atoms with E-state index in [0.717, 1.165) is 24.9 Å². The first-order chi connectivity index (χ1) is 8.74. The van der Waals surface area contributed by atoms with Crippen molar-refractivity contribution in [1.82, 2.24) is 10.3 Å². The van der Waals surface area contributed by atoms with Crippen LogP contribution in [-0.2, 0) is 6.54 Å². The van der Waals surface area contributed by atoms with Crippen molar-refractivity contribution in [1.29, 1.82) is 0 Å². The number of likely N-dealkylation sites (N-methyl/N-ethyl adjacent to an activating group) is 1. The fourth-order valence-electron chi connectivity index (χ4n) is 2.14. The lowest BCUT2D eigenvalue weighted by Crippen LogP contribution is -2.28. The lowest BCUT2D eigenvalue weighted by Gasteiger charge is -2.23. The van der Waals surface area contributed by atoms with E-state index in [1.807, 2.05) is 6.20 Å². The fourth-order valence-corrected chi connectivity index (χ4v) is 2.14. The molecular weight excluding hydrogens is 226 g/mol. The number of anilines is 1. The number of nitrogens with zero attached hydrogens (tertiary/aromatic N) is 2. The van der Waals surface area contributed by atoms with Crippen LogP contribution in [-0.4, -0.2) is 35.8 Å². The van der Waals surface area contributed by atoms with Gasteiger partial charge in [-0.3, -0.25) is 0 Å². The average Bonchev–Trinajstić information content (AvgIpc) is 3.18. The van der Waals surface area contributed by atoms with Gasteiger partial charge >= 0.3 is 0 Å². The third-order valence-electron chi connectivity index (χ3n) is 3.33. The second-order valence-electron chi connectivity index (χ2n) is 4.94. The molecule has 0 atom stereocenters. The van der Waals surface area contributed by atoms with Crippen molar-refractivity contribution in [3.8, 4) is 0 Å². The highest BCUT2D eigenvalue weighted by Gasteiger charge is 2.20. The molecule has 0 spiro atoms. The van der Waals surface area contributed by atoms with E-state index < -0.39 is 0 Å². The van der Waals surface area contributed by atoms with Crippen LogP contribution in [0.1, 0.15) is 30.9 Å². The molecule has 0 aliphatic heterocycles. The average molecular weight is 249 g/mol. The molecular formula is C14H23N3O. The highest BCUT2D eigenvalue weighted by molar-refractivity contribution is 5.47. The van der Waals surface area contributed by atoms with Gasteiger partial charge < -0.3 is 15.3 Å². The third-order valence-corrected chi connectivity index (χ3v) is 3.33. The Morgan fingerprint density at radius 1 is 1.50 bits per heavy atom. The molecule has 1 fully saturated rings. The van der Waals surface area contributed by atoms with Crippen LogP contribution in [0.3, 0.4) is 0 Å². The maximum absolute atomic E-state index is 9.05. The number of aromatic nitrogens is 1. The van der Waals surface area contributed by atoms with Gasteiger partial charge in [0.05, 0.1) is 6.61 Å². The molecule has 0 amide bonds. The minimum Gasteiger partial charge on any atom is -0.395 e. The largest absolute Gasteiger partial charge is 0.395 e. The summed E-state index contributed by atoms with van der Waals surface area (Å²) in [5.74, 6) is 0.988. The van der Waals surface area contributed by atoms with Gasteiger partial charge in [0.1, 0.15) is 5.82 Å². The monoisotopic (exact) mass is 249 g/mol. The van der Waals surface area contributed by atoms with Crippen LogP contribution in [0.15, 0.2) is 12.3 Å². The van der Waals surface area contributed by atoms with Crippen molar-refractivity contribution < 1.29 is 5.11 Å². The van der Waals surface area contributed by atoms with Crippen molar-refractivity contribution in [2.24, 2.45) is 0 Å². The molecule has 1 aliphatic carbocycles. The van der Waals surface area contributed by atoms with Crippen LogP contribution in [0, 0.1) is 6.92 Å². The molecule has 100 valence electrons. The number of aryl methyl sites for hydroxylation is 1. The zero-order chi connectivity index (χ0) is 13.0. The number of rotatable bonds is 7. The summed E-state index contributed by atoms with van der Waals surface area (Å²) in [5, 5.41) is 12.5. The van der Waals surface area contributed by atoms with Gasteiger partial charge in [-0.05, 0) is 43.9 Å². The number of aliphatic hydroxyl groups is 1. The van der Waals surface area contributed by atoms with E-state index in [9.17, 15) is 0 Å². The molecule has 0 radical (unpaired) electrons. The lowest BCUT2D eigenvalue weighted by atomic mass is 10.2. The topological polar surface area (TPSA) is 48.4 Å². The minimum absolute atomic E-state index is 0.167. The summed E-state index contributed by atoms with van der Waals surface area (Å²) in [6, 6.07) is 2.92. The molecule has 1 aliphatic rings. The molecule has 18 heavy (non-hydrogen) atoms. The van der Waals surface area contributed by atoms with Crippen LogP contribution >= 0.6 is 0 Å². The van der Waals surface area contributed by atoms with E-state index >= 15 is 0 Å². The van der Waals surface area contributed by atoms with Gasteiger partial charge in [0.15, 0.2) is 0 Å². The number of hydrogen-bond donors (Lipinski definition) is 2. The van der Waals surface area contributed by atoms with Crippen LogP contribution in [0.4, 0.5) is 5.82 Å².